The first-order chi connectivity index (χ1) is 14.5. The number of alkyl halides is 3. The maximum atomic E-state index is 12.8. The fraction of sp³-hybridized carbons (Fsp3) is 0.381. The molecule has 31 heavy (non-hydrogen) atoms. The lowest BCUT2D eigenvalue weighted by Gasteiger charge is -2.29. The molecule has 10 heteroatoms. The van der Waals surface area contributed by atoms with Crippen LogP contribution in [0.3, 0.4) is 0 Å². The SMILES string of the molecule is CCN(CC)c1ccc(NS(=O)(=O)c2ccc3c(c2)CN(C(=O)C(F)(F)F)CC3)cc1. The molecule has 1 amide bonds. The van der Waals surface area contributed by atoms with E-state index in [-0.39, 0.29) is 24.4 Å². The molecule has 0 spiro atoms. The van der Waals surface area contributed by atoms with Gasteiger partial charge < -0.3 is 9.80 Å². The summed E-state index contributed by atoms with van der Waals surface area (Å²) in [6, 6.07) is 11.3. The number of sulfonamides is 1. The summed E-state index contributed by atoms with van der Waals surface area (Å²) in [5, 5.41) is 0. The number of nitrogens with zero attached hydrogens (tertiary/aromatic N) is 2. The molecule has 0 aliphatic carbocycles. The van der Waals surface area contributed by atoms with E-state index in [4.69, 9.17) is 0 Å². The van der Waals surface area contributed by atoms with E-state index in [9.17, 15) is 26.4 Å². The van der Waals surface area contributed by atoms with Crippen molar-refractivity contribution in [2.75, 3.05) is 29.3 Å². The molecule has 2 aromatic carbocycles. The molecule has 1 aliphatic heterocycles. The molecule has 0 fully saturated rings. The van der Waals surface area contributed by atoms with E-state index in [0.29, 0.717) is 16.2 Å². The summed E-state index contributed by atoms with van der Waals surface area (Å²) in [6.45, 7) is 5.36. The van der Waals surface area contributed by atoms with Gasteiger partial charge in [-0.05, 0) is 67.8 Å². The van der Waals surface area contributed by atoms with Gasteiger partial charge in [0.15, 0.2) is 0 Å². The first kappa shape index (κ1) is 22.9. The Hall–Kier alpha value is -2.75. The van der Waals surface area contributed by atoms with E-state index in [1.54, 1.807) is 18.2 Å². The third kappa shape index (κ3) is 5.12. The van der Waals surface area contributed by atoms with Crippen molar-refractivity contribution in [2.45, 2.75) is 37.9 Å². The number of nitrogens with one attached hydrogen (secondary N) is 1. The number of hydrogen-bond acceptors (Lipinski definition) is 4. The van der Waals surface area contributed by atoms with Gasteiger partial charge in [0.1, 0.15) is 0 Å². The molecule has 1 aliphatic rings. The Morgan fingerprint density at radius 3 is 2.29 bits per heavy atom. The highest BCUT2D eigenvalue weighted by molar-refractivity contribution is 7.92. The number of halogens is 3. The average Bonchev–Trinajstić information content (AvgIpc) is 2.73. The molecule has 1 N–H and O–H groups in total. The number of anilines is 2. The van der Waals surface area contributed by atoms with Crippen LogP contribution in [0.5, 0.6) is 0 Å². The third-order valence-corrected chi connectivity index (χ3v) is 6.66. The zero-order chi connectivity index (χ0) is 22.8. The second-order valence-electron chi connectivity index (χ2n) is 7.23. The van der Waals surface area contributed by atoms with Gasteiger partial charge in [0.05, 0.1) is 4.90 Å². The molecule has 3 rings (SSSR count). The van der Waals surface area contributed by atoms with Crippen molar-refractivity contribution >= 4 is 27.3 Å². The second kappa shape index (κ2) is 8.78. The summed E-state index contributed by atoms with van der Waals surface area (Å²) >= 11 is 0. The van der Waals surface area contributed by atoms with Crippen molar-refractivity contribution in [3.63, 3.8) is 0 Å². The molecule has 168 valence electrons. The molecule has 0 aromatic heterocycles. The van der Waals surface area contributed by atoms with Crippen LogP contribution in [0.25, 0.3) is 0 Å². The van der Waals surface area contributed by atoms with Crippen molar-refractivity contribution in [3.05, 3.63) is 53.6 Å². The normalized spacial score (nSPS) is 14.2. The van der Waals surface area contributed by atoms with E-state index in [1.165, 1.54) is 12.1 Å². The highest BCUT2D eigenvalue weighted by atomic mass is 32.2. The van der Waals surface area contributed by atoms with E-state index < -0.39 is 22.1 Å². The number of carbonyl (C=O) groups is 1. The lowest BCUT2D eigenvalue weighted by atomic mass is 10.00. The van der Waals surface area contributed by atoms with Crippen LogP contribution >= 0.6 is 0 Å². The van der Waals surface area contributed by atoms with E-state index in [2.05, 4.69) is 9.62 Å². The fourth-order valence-corrected chi connectivity index (χ4v) is 4.71. The molecule has 0 saturated carbocycles. The smallest absolute Gasteiger partial charge is 0.372 e. The molecule has 0 saturated heterocycles. The summed E-state index contributed by atoms with van der Waals surface area (Å²) in [6.07, 6.45) is -4.72. The lowest BCUT2D eigenvalue weighted by molar-refractivity contribution is -0.186. The van der Waals surface area contributed by atoms with Crippen molar-refractivity contribution in [1.29, 1.82) is 0 Å². The van der Waals surface area contributed by atoms with E-state index in [1.807, 2.05) is 26.0 Å². The minimum absolute atomic E-state index is 0.0609. The minimum atomic E-state index is -4.96. The third-order valence-electron chi connectivity index (χ3n) is 5.28. The van der Waals surface area contributed by atoms with Crippen LogP contribution < -0.4 is 9.62 Å². The Balaban J connectivity index is 1.79. The number of hydrogen-bond donors (Lipinski definition) is 1. The molecule has 2 aromatic rings. The average molecular weight is 456 g/mol. The molecule has 0 radical (unpaired) electrons. The van der Waals surface area contributed by atoms with Crippen LogP contribution in [0.4, 0.5) is 24.5 Å². The Kier molecular flexibility index (Phi) is 6.49. The predicted octanol–water partition coefficient (Wildman–Crippen LogP) is 3.78. The van der Waals surface area contributed by atoms with Gasteiger partial charge in [0, 0.05) is 37.6 Å². The standard InChI is InChI=1S/C21H24F3N3O3S/c1-3-26(4-2)18-8-6-17(7-9-18)25-31(29,30)19-10-5-15-11-12-27(14-16(15)13-19)20(28)21(22,23)24/h5-10,13,25H,3-4,11-12,14H2,1-2H3. The number of amides is 1. The van der Waals surface area contributed by atoms with Crippen molar-refractivity contribution in [1.82, 2.24) is 4.90 Å². The van der Waals surface area contributed by atoms with Gasteiger partial charge in [0.25, 0.3) is 10.0 Å². The van der Waals surface area contributed by atoms with Gasteiger partial charge in [0.2, 0.25) is 0 Å². The maximum Gasteiger partial charge on any atom is 0.471 e. The van der Waals surface area contributed by atoms with Crippen molar-refractivity contribution in [3.8, 4) is 0 Å². The second-order valence-corrected chi connectivity index (χ2v) is 8.91. The first-order valence-electron chi connectivity index (χ1n) is 9.91. The van der Waals surface area contributed by atoms with Gasteiger partial charge in [-0.15, -0.1) is 0 Å². The molecular formula is C21H24F3N3O3S. The van der Waals surface area contributed by atoms with Gasteiger partial charge >= 0.3 is 12.1 Å². The highest BCUT2D eigenvalue weighted by Gasteiger charge is 2.43. The monoisotopic (exact) mass is 455 g/mol. The summed E-state index contributed by atoms with van der Waals surface area (Å²) in [4.78, 5) is 14.3. The Morgan fingerprint density at radius 2 is 1.71 bits per heavy atom. The van der Waals surface area contributed by atoms with Crippen LogP contribution in [0.2, 0.25) is 0 Å². The molecule has 0 unspecified atom stereocenters. The van der Waals surface area contributed by atoms with Gasteiger partial charge in [-0.3, -0.25) is 9.52 Å². The Morgan fingerprint density at radius 1 is 1.06 bits per heavy atom. The predicted molar refractivity (Wildman–Crippen MR) is 112 cm³/mol. The zero-order valence-corrected chi connectivity index (χ0v) is 18.1. The number of fused-ring (bicyclic) bond motifs is 1. The van der Waals surface area contributed by atoms with Gasteiger partial charge in [-0.1, -0.05) is 6.07 Å². The summed E-state index contributed by atoms with van der Waals surface area (Å²) in [7, 11) is -3.95. The maximum absolute atomic E-state index is 12.8. The van der Waals surface area contributed by atoms with Crippen molar-refractivity contribution in [2.24, 2.45) is 0 Å². The van der Waals surface area contributed by atoms with Crippen LogP contribution in [0.15, 0.2) is 47.4 Å². The quantitative estimate of drug-likeness (QED) is 0.720. The largest absolute Gasteiger partial charge is 0.471 e. The van der Waals surface area contributed by atoms with E-state index >= 15 is 0 Å². The first-order valence-corrected chi connectivity index (χ1v) is 11.4. The zero-order valence-electron chi connectivity index (χ0n) is 17.2. The lowest BCUT2D eigenvalue weighted by Crippen LogP contribution is -2.43. The van der Waals surface area contributed by atoms with Crippen LogP contribution in [-0.2, 0) is 27.8 Å². The van der Waals surface area contributed by atoms with Crippen LogP contribution in [0.1, 0.15) is 25.0 Å². The Bertz CT molecular complexity index is 1050. The van der Waals surface area contributed by atoms with Crippen LogP contribution in [0, 0.1) is 0 Å². The molecule has 0 bridgehead atoms. The number of benzene rings is 2. The number of rotatable bonds is 6. The molecule has 6 nitrogen and oxygen atoms in total. The minimum Gasteiger partial charge on any atom is -0.372 e. The summed E-state index contributed by atoms with van der Waals surface area (Å²) < 4.78 is 66.3. The Labute approximate surface area is 179 Å². The topological polar surface area (TPSA) is 69.7 Å². The number of carbonyl (C=O) groups excluding carboxylic acids is 1. The molecule has 1 heterocycles. The summed E-state index contributed by atoms with van der Waals surface area (Å²) in [5.74, 6) is -1.92. The highest BCUT2D eigenvalue weighted by Crippen LogP contribution is 2.27. The fourth-order valence-electron chi connectivity index (χ4n) is 3.60. The van der Waals surface area contributed by atoms with Gasteiger partial charge in [-0.2, -0.15) is 13.2 Å². The molecule has 0 atom stereocenters. The molecular weight excluding hydrogens is 431 g/mol. The summed E-state index contributed by atoms with van der Waals surface area (Å²) in [5.41, 5.74) is 2.47. The van der Waals surface area contributed by atoms with Crippen LogP contribution in [-0.4, -0.2) is 45.0 Å². The van der Waals surface area contributed by atoms with E-state index in [0.717, 1.165) is 24.3 Å². The van der Waals surface area contributed by atoms with Crippen molar-refractivity contribution < 1.29 is 26.4 Å². The van der Waals surface area contributed by atoms with Gasteiger partial charge in [-0.25, -0.2) is 8.42 Å².